The first-order chi connectivity index (χ1) is 23.0. The number of fused-ring (bicyclic) bond motifs is 4. The van der Waals surface area contributed by atoms with Crippen LogP contribution >= 0.6 is 0 Å². The van der Waals surface area contributed by atoms with Gasteiger partial charge in [-0.15, -0.1) is 0 Å². The molecule has 49 heavy (non-hydrogen) atoms. The standard InChI is InChI=1S/C36H53F3O10/c1-20-10-12-26-22(3)32(7,44-28-33(26)24(20)14-16-30(5,42-28)46-48-33)40-18-8-9-19-41-35(36(37,38)39)23(4)27-13-11-21(2)25-15-17-31(6)43-29(45-35)34(25,27)49-47-31/h8-9,20-29H,10-19H2,1-7H3/b9-8+/t20-,21-,22-,23-,24+,25+,26+,27+,28+,29+,30-,31+,32+,33-,34-,35-/m1/s1. The number of hydrogen-bond acceptors (Lipinski definition) is 10. The Balaban J connectivity index is 0.970. The molecule has 10 fully saturated rings. The molecule has 13 heteroatoms. The molecule has 10 aliphatic rings. The van der Waals surface area contributed by atoms with E-state index >= 15 is 13.2 Å². The zero-order valence-electron chi connectivity index (χ0n) is 29.7. The van der Waals surface area contributed by atoms with Gasteiger partial charge in [-0.3, -0.25) is 0 Å². The zero-order valence-corrected chi connectivity index (χ0v) is 29.7. The minimum atomic E-state index is -4.84. The van der Waals surface area contributed by atoms with Crippen molar-refractivity contribution >= 4 is 0 Å². The van der Waals surface area contributed by atoms with E-state index in [1.165, 1.54) is 0 Å². The Labute approximate surface area is 286 Å². The Bertz CT molecular complexity index is 1320. The Kier molecular flexibility index (Phi) is 8.30. The molecule has 0 amide bonds. The van der Waals surface area contributed by atoms with E-state index in [2.05, 4.69) is 20.8 Å². The summed E-state index contributed by atoms with van der Waals surface area (Å²) < 4.78 is 82.9. The highest BCUT2D eigenvalue weighted by atomic mass is 19.4. The molecule has 8 saturated heterocycles. The molecule has 2 aliphatic carbocycles. The van der Waals surface area contributed by atoms with Crippen molar-refractivity contribution < 1.29 is 61.1 Å². The molecule has 0 aromatic carbocycles. The molecule has 8 heterocycles. The van der Waals surface area contributed by atoms with Crippen molar-refractivity contribution in [3.8, 4) is 0 Å². The molecule has 16 atom stereocenters. The van der Waals surface area contributed by atoms with Crippen LogP contribution in [0.5, 0.6) is 0 Å². The van der Waals surface area contributed by atoms with Crippen LogP contribution in [0.3, 0.4) is 0 Å². The highest BCUT2D eigenvalue weighted by Crippen LogP contribution is 2.65. The van der Waals surface area contributed by atoms with Gasteiger partial charge in [0.2, 0.25) is 11.6 Å². The molecule has 0 aromatic rings. The van der Waals surface area contributed by atoms with Gasteiger partial charge < -0.3 is 28.4 Å². The van der Waals surface area contributed by atoms with Crippen molar-refractivity contribution in [1.82, 2.24) is 0 Å². The number of ether oxygens (including phenoxy) is 6. The summed E-state index contributed by atoms with van der Waals surface area (Å²) in [6.45, 7) is 13.3. The topological polar surface area (TPSA) is 92.3 Å². The SMILES string of the molecule is C[C@@H]1CC[C@H]2[C@@H](C)[C@@](C)(OC/C=C/CO[C@@]3(C(F)(F)F)O[C@@H]4O[C@]5(C)CC[C@H]6[C@H](C)CC[C@@H]([C@H]3C)[C@@]46OO5)O[C@@H]3O[C@@]4(C)CC[C@@H]1[C@]32OO4. The molecule has 8 aliphatic heterocycles. The van der Waals surface area contributed by atoms with Crippen LogP contribution < -0.4 is 0 Å². The van der Waals surface area contributed by atoms with Crippen molar-refractivity contribution in [2.45, 2.75) is 153 Å². The summed E-state index contributed by atoms with van der Waals surface area (Å²) in [6.07, 6.45) is 2.57. The third kappa shape index (κ3) is 4.96. The average Bonchev–Trinajstić information content (AvgIpc) is 3.41. The summed E-state index contributed by atoms with van der Waals surface area (Å²) in [5.74, 6) is -6.80. The molecule has 0 unspecified atom stereocenters. The summed E-state index contributed by atoms with van der Waals surface area (Å²) in [5.41, 5.74) is -1.85. The maximum absolute atomic E-state index is 15.2. The molecular weight excluding hydrogens is 649 g/mol. The molecular formula is C36H53F3O10. The highest BCUT2D eigenvalue weighted by molar-refractivity contribution is 5.13. The largest absolute Gasteiger partial charge is 0.443 e. The summed E-state index contributed by atoms with van der Waals surface area (Å²) in [7, 11) is 0. The second-order valence-electron chi connectivity index (χ2n) is 16.9. The molecule has 4 bridgehead atoms. The lowest BCUT2D eigenvalue weighted by atomic mass is 9.57. The molecule has 10 rings (SSSR count). The summed E-state index contributed by atoms with van der Waals surface area (Å²) >= 11 is 0. The van der Waals surface area contributed by atoms with Crippen LogP contribution in [0.15, 0.2) is 12.2 Å². The van der Waals surface area contributed by atoms with Gasteiger partial charge in [0.15, 0.2) is 29.6 Å². The van der Waals surface area contributed by atoms with Gasteiger partial charge in [0.1, 0.15) is 0 Å². The van der Waals surface area contributed by atoms with Crippen molar-refractivity contribution in [2.24, 2.45) is 47.3 Å². The van der Waals surface area contributed by atoms with Crippen molar-refractivity contribution in [1.29, 1.82) is 0 Å². The van der Waals surface area contributed by atoms with Crippen molar-refractivity contribution in [3.63, 3.8) is 0 Å². The van der Waals surface area contributed by atoms with Crippen LogP contribution in [-0.2, 0) is 48.0 Å². The third-order valence-electron chi connectivity index (χ3n) is 14.2. The van der Waals surface area contributed by atoms with E-state index in [1.807, 2.05) is 13.8 Å². The quantitative estimate of drug-likeness (QED) is 0.207. The van der Waals surface area contributed by atoms with Crippen LogP contribution in [0, 0.1) is 47.3 Å². The smallest absolute Gasteiger partial charge is 0.346 e. The van der Waals surface area contributed by atoms with Gasteiger partial charge in [-0.2, -0.15) is 13.2 Å². The van der Waals surface area contributed by atoms with E-state index in [1.54, 1.807) is 26.0 Å². The molecule has 2 spiro atoms. The first-order valence-corrected chi connectivity index (χ1v) is 18.5. The summed E-state index contributed by atoms with van der Waals surface area (Å²) in [5, 5.41) is 0. The van der Waals surface area contributed by atoms with E-state index in [0.717, 1.165) is 32.1 Å². The molecule has 0 radical (unpaired) electrons. The Morgan fingerprint density at radius 3 is 1.61 bits per heavy atom. The number of rotatable bonds is 6. The zero-order chi connectivity index (χ0) is 34.8. The van der Waals surface area contributed by atoms with Crippen LogP contribution in [0.4, 0.5) is 13.2 Å². The van der Waals surface area contributed by atoms with Gasteiger partial charge in [0, 0.05) is 36.5 Å². The lowest BCUT2D eigenvalue weighted by molar-refractivity contribution is -0.598. The lowest BCUT2D eigenvalue weighted by Gasteiger charge is -2.62. The van der Waals surface area contributed by atoms with Crippen molar-refractivity contribution in [2.75, 3.05) is 13.2 Å². The molecule has 278 valence electrons. The average molecular weight is 703 g/mol. The molecule has 10 nitrogen and oxygen atoms in total. The van der Waals surface area contributed by atoms with Gasteiger partial charge in [0.25, 0.3) is 5.79 Å². The second kappa shape index (κ2) is 11.6. The van der Waals surface area contributed by atoms with Gasteiger partial charge in [-0.05, 0) is 83.0 Å². The summed E-state index contributed by atoms with van der Waals surface area (Å²) in [6, 6.07) is 0. The number of alkyl halides is 3. The normalized spacial score (nSPS) is 56.6. The lowest BCUT2D eigenvalue weighted by Crippen LogP contribution is -2.76. The van der Waals surface area contributed by atoms with E-state index in [-0.39, 0.29) is 42.8 Å². The Morgan fingerprint density at radius 2 is 1.08 bits per heavy atom. The van der Waals surface area contributed by atoms with Gasteiger partial charge in [-0.1, -0.05) is 39.8 Å². The van der Waals surface area contributed by atoms with Crippen LogP contribution in [0.25, 0.3) is 0 Å². The first kappa shape index (κ1) is 35.2. The third-order valence-corrected chi connectivity index (χ3v) is 14.2. The van der Waals surface area contributed by atoms with E-state index in [9.17, 15) is 0 Å². The fraction of sp³-hybridized carbons (Fsp3) is 0.944. The predicted molar refractivity (Wildman–Crippen MR) is 164 cm³/mol. The highest BCUT2D eigenvalue weighted by Gasteiger charge is 2.77. The minimum Gasteiger partial charge on any atom is -0.346 e. The monoisotopic (exact) mass is 702 g/mol. The molecule has 0 N–H and O–H groups in total. The number of hydrogen-bond donors (Lipinski definition) is 0. The number of halogens is 3. The summed E-state index contributed by atoms with van der Waals surface area (Å²) in [4.78, 5) is 24.0. The van der Waals surface area contributed by atoms with Crippen LogP contribution in [0.1, 0.15) is 99.8 Å². The fourth-order valence-electron chi connectivity index (χ4n) is 11.2. The van der Waals surface area contributed by atoms with Crippen LogP contribution in [-0.4, -0.2) is 66.3 Å². The maximum atomic E-state index is 15.2. The Hall–Kier alpha value is -0.870. The van der Waals surface area contributed by atoms with Crippen molar-refractivity contribution in [3.05, 3.63) is 12.2 Å². The van der Waals surface area contributed by atoms with Crippen LogP contribution in [0.2, 0.25) is 0 Å². The maximum Gasteiger partial charge on any atom is 0.443 e. The van der Waals surface area contributed by atoms with E-state index in [4.69, 9.17) is 48.0 Å². The van der Waals surface area contributed by atoms with Gasteiger partial charge in [0.05, 0.1) is 13.2 Å². The second-order valence-corrected chi connectivity index (χ2v) is 16.9. The minimum absolute atomic E-state index is 0.0599. The fourth-order valence-corrected chi connectivity index (χ4v) is 11.2. The van der Waals surface area contributed by atoms with Gasteiger partial charge in [-0.25, -0.2) is 19.6 Å². The predicted octanol–water partition coefficient (Wildman–Crippen LogP) is 7.31. The Morgan fingerprint density at radius 1 is 0.592 bits per heavy atom. The van der Waals surface area contributed by atoms with E-state index in [0.29, 0.717) is 25.2 Å². The first-order valence-electron chi connectivity index (χ1n) is 18.5. The molecule has 2 saturated carbocycles. The van der Waals surface area contributed by atoms with E-state index < -0.39 is 64.9 Å². The molecule has 0 aromatic heterocycles. The van der Waals surface area contributed by atoms with Gasteiger partial charge >= 0.3 is 6.18 Å².